The van der Waals surface area contributed by atoms with Crippen molar-refractivity contribution in [2.75, 3.05) is 59.5 Å². The van der Waals surface area contributed by atoms with Gasteiger partial charge in [-0.05, 0) is 39.2 Å². The highest BCUT2D eigenvalue weighted by atomic mass is 127. The van der Waals surface area contributed by atoms with Crippen molar-refractivity contribution in [1.82, 2.24) is 20.4 Å². The summed E-state index contributed by atoms with van der Waals surface area (Å²) in [5, 5.41) is 6.64. The quantitative estimate of drug-likeness (QED) is 0.316. The Morgan fingerprint density at radius 2 is 1.96 bits per heavy atom. The number of methoxy groups -OCH3 is 1. The molecular weight excluding hydrogens is 433 g/mol. The van der Waals surface area contributed by atoms with Crippen molar-refractivity contribution in [1.29, 1.82) is 0 Å². The lowest BCUT2D eigenvalue weighted by Gasteiger charge is -2.25. The second-order valence-electron chi connectivity index (χ2n) is 6.49. The monoisotopic (exact) mass is 467 g/mol. The fourth-order valence-corrected chi connectivity index (χ4v) is 3.40. The third-order valence-corrected chi connectivity index (χ3v) is 4.76. The molecule has 2 rings (SSSR count). The van der Waals surface area contributed by atoms with E-state index >= 15 is 0 Å². The van der Waals surface area contributed by atoms with E-state index in [-0.39, 0.29) is 36.4 Å². The van der Waals surface area contributed by atoms with Crippen LogP contribution in [0.5, 0.6) is 0 Å². The summed E-state index contributed by atoms with van der Waals surface area (Å²) < 4.78 is 5.19. The number of aliphatic imine (C=N–C) groups is 1. The molecule has 0 aromatic heterocycles. The van der Waals surface area contributed by atoms with E-state index in [2.05, 4.69) is 20.5 Å². The van der Waals surface area contributed by atoms with Gasteiger partial charge in [-0.3, -0.25) is 9.69 Å². The minimum Gasteiger partial charge on any atom is -0.383 e. The van der Waals surface area contributed by atoms with Gasteiger partial charge in [0.2, 0.25) is 5.91 Å². The number of hydrogen-bond acceptors (Lipinski definition) is 4. The molecule has 2 aliphatic heterocycles. The van der Waals surface area contributed by atoms with Gasteiger partial charge < -0.3 is 20.3 Å². The van der Waals surface area contributed by atoms with Crippen LogP contribution in [0.2, 0.25) is 0 Å². The molecule has 25 heavy (non-hydrogen) atoms. The van der Waals surface area contributed by atoms with Crippen LogP contribution in [0.4, 0.5) is 0 Å². The third-order valence-electron chi connectivity index (χ3n) is 4.76. The zero-order chi connectivity index (χ0) is 17.2. The number of halogens is 1. The molecule has 1 atom stereocenters. The Balaban J connectivity index is 0.00000312. The standard InChI is InChI=1S/C17H33N5O2.HI/c1-3-18-17(20-14-16(23)22-8-4-5-9-22)19-13-15-7-6-10-21(15)11-12-24-2;/h15H,3-14H2,1-2H3,(H2,18,19,20);1H. The number of nitrogens with zero attached hydrogens (tertiary/aromatic N) is 3. The molecule has 2 aliphatic rings. The van der Waals surface area contributed by atoms with Gasteiger partial charge in [-0.2, -0.15) is 0 Å². The molecule has 7 nitrogen and oxygen atoms in total. The zero-order valence-electron chi connectivity index (χ0n) is 15.6. The van der Waals surface area contributed by atoms with E-state index in [0.29, 0.717) is 6.04 Å². The van der Waals surface area contributed by atoms with Crippen LogP contribution in [0.15, 0.2) is 4.99 Å². The average molecular weight is 467 g/mol. The van der Waals surface area contributed by atoms with Gasteiger partial charge in [-0.15, -0.1) is 24.0 Å². The molecule has 0 aromatic rings. The van der Waals surface area contributed by atoms with Gasteiger partial charge in [0, 0.05) is 45.9 Å². The first-order valence-corrected chi connectivity index (χ1v) is 9.27. The fourth-order valence-electron chi connectivity index (χ4n) is 3.40. The number of carbonyl (C=O) groups is 1. The van der Waals surface area contributed by atoms with Crippen LogP contribution in [0, 0.1) is 0 Å². The predicted molar refractivity (Wildman–Crippen MR) is 112 cm³/mol. The van der Waals surface area contributed by atoms with E-state index < -0.39 is 0 Å². The summed E-state index contributed by atoms with van der Waals surface area (Å²) in [4.78, 5) is 21.0. The van der Waals surface area contributed by atoms with Crippen LogP contribution < -0.4 is 10.6 Å². The molecule has 2 N–H and O–H groups in total. The van der Waals surface area contributed by atoms with Crippen LogP contribution >= 0.6 is 24.0 Å². The third kappa shape index (κ3) is 7.65. The summed E-state index contributed by atoms with van der Waals surface area (Å²) in [6.07, 6.45) is 4.67. The summed E-state index contributed by atoms with van der Waals surface area (Å²) in [5.41, 5.74) is 0. The Hall–Kier alpha value is -0.610. The highest BCUT2D eigenvalue weighted by Crippen LogP contribution is 2.15. The summed E-state index contributed by atoms with van der Waals surface area (Å²) in [6.45, 7) is 8.57. The van der Waals surface area contributed by atoms with Crippen LogP contribution in [0.3, 0.4) is 0 Å². The summed E-state index contributed by atoms with van der Waals surface area (Å²) in [5.74, 6) is 0.871. The predicted octanol–water partition coefficient (Wildman–Crippen LogP) is 0.893. The van der Waals surface area contributed by atoms with E-state index in [9.17, 15) is 4.79 Å². The number of hydrogen-bond donors (Lipinski definition) is 2. The first-order chi connectivity index (χ1) is 11.7. The maximum Gasteiger partial charge on any atom is 0.244 e. The van der Waals surface area contributed by atoms with Crippen molar-refractivity contribution in [2.45, 2.75) is 38.6 Å². The first-order valence-electron chi connectivity index (χ1n) is 9.27. The number of carbonyl (C=O) groups excluding carboxylic acids is 1. The lowest BCUT2D eigenvalue weighted by molar-refractivity contribution is -0.128. The van der Waals surface area contributed by atoms with Crippen molar-refractivity contribution >= 4 is 35.8 Å². The Morgan fingerprint density at radius 3 is 2.64 bits per heavy atom. The second-order valence-corrected chi connectivity index (χ2v) is 6.49. The number of amides is 1. The van der Waals surface area contributed by atoms with Crippen LogP contribution in [-0.4, -0.2) is 87.2 Å². The summed E-state index contributed by atoms with van der Waals surface area (Å²) >= 11 is 0. The highest BCUT2D eigenvalue weighted by molar-refractivity contribution is 14.0. The van der Waals surface area contributed by atoms with Gasteiger partial charge in [0.25, 0.3) is 0 Å². The molecule has 146 valence electrons. The molecule has 2 saturated heterocycles. The van der Waals surface area contributed by atoms with Crippen LogP contribution in [0.1, 0.15) is 32.6 Å². The normalized spacial score (nSPS) is 21.3. The average Bonchev–Trinajstić information content (AvgIpc) is 3.26. The molecule has 0 aromatic carbocycles. The minimum atomic E-state index is 0. The van der Waals surface area contributed by atoms with Gasteiger partial charge >= 0.3 is 0 Å². The minimum absolute atomic E-state index is 0. The molecule has 0 spiro atoms. The van der Waals surface area contributed by atoms with Crippen molar-refractivity contribution < 1.29 is 9.53 Å². The lowest BCUT2D eigenvalue weighted by Crippen LogP contribution is -2.46. The molecular formula is C17H34IN5O2. The summed E-state index contributed by atoms with van der Waals surface area (Å²) in [7, 11) is 1.75. The smallest absolute Gasteiger partial charge is 0.244 e. The number of guanidine groups is 1. The van der Waals surface area contributed by atoms with E-state index in [4.69, 9.17) is 4.74 Å². The van der Waals surface area contributed by atoms with Crippen molar-refractivity contribution in [2.24, 2.45) is 4.99 Å². The molecule has 0 aliphatic carbocycles. The topological polar surface area (TPSA) is 69.2 Å². The molecule has 1 unspecified atom stereocenters. The van der Waals surface area contributed by atoms with E-state index in [1.807, 2.05) is 11.8 Å². The molecule has 8 heteroatoms. The van der Waals surface area contributed by atoms with Gasteiger partial charge in [0.05, 0.1) is 6.61 Å². The maximum atomic E-state index is 12.1. The zero-order valence-corrected chi connectivity index (χ0v) is 18.0. The van der Waals surface area contributed by atoms with Gasteiger partial charge in [-0.1, -0.05) is 0 Å². The van der Waals surface area contributed by atoms with Crippen LogP contribution in [-0.2, 0) is 9.53 Å². The largest absolute Gasteiger partial charge is 0.383 e. The number of likely N-dealkylation sites (tertiary alicyclic amines) is 2. The Kier molecular flexibility index (Phi) is 11.4. The Morgan fingerprint density at radius 1 is 1.20 bits per heavy atom. The first kappa shape index (κ1) is 22.4. The van der Waals surface area contributed by atoms with E-state index in [1.54, 1.807) is 7.11 Å². The summed E-state index contributed by atoms with van der Waals surface area (Å²) in [6, 6.07) is 0.512. The molecule has 0 saturated carbocycles. The molecule has 0 bridgehead atoms. The van der Waals surface area contributed by atoms with Crippen LogP contribution in [0.25, 0.3) is 0 Å². The SMILES string of the molecule is CCNC(=NCC(=O)N1CCCC1)NCC1CCCN1CCOC.I. The lowest BCUT2D eigenvalue weighted by atomic mass is 10.2. The Labute approximate surface area is 169 Å². The van der Waals surface area contributed by atoms with Crippen molar-refractivity contribution in [3.63, 3.8) is 0 Å². The van der Waals surface area contributed by atoms with E-state index in [1.165, 1.54) is 12.8 Å². The van der Waals surface area contributed by atoms with Gasteiger partial charge in [0.15, 0.2) is 5.96 Å². The second kappa shape index (κ2) is 12.7. The molecule has 2 heterocycles. The van der Waals surface area contributed by atoms with Gasteiger partial charge in [-0.25, -0.2) is 4.99 Å². The molecule has 1 amide bonds. The fraction of sp³-hybridized carbons (Fsp3) is 0.882. The Bertz CT molecular complexity index is 416. The van der Waals surface area contributed by atoms with Crippen molar-refractivity contribution in [3.8, 4) is 0 Å². The van der Waals surface area contributed by atoms with Crippen molar-refractivity contribution in [3.05, 3.63) is 0 Å². The molecule has 0 radical (unpaired) electrons. The van der Waals surface area contributed by atoms with E-state index in [0.717, 1.165) is 64.7 Å². The number of nitrogens with one attached hydrogen (secondary N) is 2. The number of ether oxygens (including phenoxy) is 1. The molecule has 2 fully saturated rings. The maximum absolute atomic E-state index is 12.1. The number of rotatable bonds is 8. The van der Waals surface area contributed by atoms with Gasteiger partial charge in [0.1, 0.15) is 6.54 Å². The highest BCUT2D eigenvalue weighted by Gasteiger charge is 2.24.